The van der Waals surface area contributed by atoms with Crippen LogP contribution in [0.2, 0.25) is 5.02 Å². The van der Waals surface area contributed by atoms with Gasteiger partial charge >= 0.3 is 0 Å². The van der Waals surface area contributed by atoms with Crippen molar-refractivity contribution in [3.05, 3.63) is 51.6 Å². The minimum Gasteiger partial charge on any atom is -0.312 e. The van der Waals surface area contributed by atoms with Crippen LogP contribution in [0, 0.1) is 5.92 Å². The second-order valence-corrected chi connectivity index (χ2v) is 7.61. The van der Waals surface area contributed by atoms with E-state index < -0.39 is 0 Å². The van der Waals surface area contributed by atoms with Crippen LogP contribution in [0.5, 0.6) is 0 Å². The smallest absolute Gasteiger partial charge is 0.101 e. The number of aromatic nitrogens is 1. The van der Waals surface area contributed by atoms with Gasteiger partial charge in [0.05, 0.1) is 5.02 Å². The Hall–Kier alpha value is -0.550. The van der Waals surface area contributed by atoms with Gasteiger partial charge in [-0.15, -0.1) is 0 Å². The highest BCUT2D eigenvalue weighted by molar-refractivity contribution is 9.10. The Bertz CT molecular complexity index is 587. The van der Waals surface area contributed by atoms with Crippen LogP contribution in [0.4, 0.5) is 0 Å². The molecule has 0 aliphatic carbocycles. The van der Waals surface area contributed by atoms with Crippen molar-refractivity contribution >= 4 is 39.3 Å². The summed E-state index contributed by atoms with van der Waals surface area (Å²) in [5.41, 5.74) is 1.27. The third kappa shape index (κ3) is 5.62. The molecule has 2 aromatic rings. The molecule has 0 atom stereocenters. The van der Waals surface area contributed by atoms with Crippen LogP contribution in [-0.4, -0.2) is 11.5 Å². The summed E-state index contributed by atoms with van der Waals surface area (Å²) in [6.07, 6.45) is 1.68. The average Bonchev–Trinajstić information content (AvgIpc) is 2.43. The Labute approximate surface area is 143 Å². The van der Waals surface area contributed by atoms with E-state index in [0.29, 0.717) is 10.9 Å². The summed E-state index contributed by atoms with van der Waals surface area (Å²) in [6.45, 7) is 6.28. The van der Waals surface area contributed by atoms with Crippen LogP contribution in [0.1, 0.15) is 19.4 Å². The molecule has 1 N–H and O–H groups in total. The van der Waals surface area contributed by atoms with E-state index >= 15 is 0 Å². The monoisotopic (exact) mass is 384 g/mol. The second-order valence-electron chi connectivity index (χ2n) is 5.19. The third-order valence-electron chi connectivity index (χ3n) is 2.81. The van der Waals surface area contributed by atoms with E-state index in [1.165, 1.54) is 10.5 Å². The standard InChI is InChI=1S/C16H18BrClN2S/c1-11(2)8-19-9-12-7-13(17)3-5-15(12)21-16-6-4-14(18)10-20-16/h3-7,10-11,19H,8-9H2,1-2H3. The lowest BCUT2D eigenvalue weighted by Gasteiger charge is -2.12. The van der Waals surface area contributed by atoms with E-state index in [2.05, 4.69) is 58.3 Å². The molecular formula is C16H18BrClN2S. The molecule has 0 radical (unpaired) electrons. The highest BCUT2D eigenvalue weighted by Crippen LogP contribution is 2.31. The van der Waals surface area contributed by atoms with Gasteiger partial charge in [0, 0.05) is 22.1 Å². The predicted octanol–water partition coefficient (Wildman–Crippen LogP) is 5.39. The fraction of sp³-hybridized carbons (Fsp3) is 0.312. The number of hydrogen-bond acceptors (Lipinski definition) is 3. The van der Waals surface area contributed by atoms with E-state index in [0.717, 1.165) is 22.6 Å². The van der Waals surface area contributed by atoms with Crippen LogP contribution >= 0.6 is 39.3 Å². The van der Waals surface area contributed by atoms with Crippen molar-refractivity contribution in [3.63, 3.8) is 0 Å². The summed E-state index contributed by atoms with van der Waals surface area (Å²) < 4.78 is 1.09. The van der Waals surface area contributed by atoms with Crippen molar-refractivity contribution in [1.29, 1.82) is 0 Å². The lowest BCUT2D eigenvalue weighted by Crippen LogP contribution is -2.19. The summed E-state index contributed by atoms with van der Waals surface area (Å²) in [7, 11) is 0. The van der Waals surface area contributed by atoms with E-state index in [1.54, 1.807) is 18.0 Å². The quantitative estimate of drug-likeness (QED) is 0.721. The zero-order valence-corrected chi connectivity index (χ0v) is 15.2. The molecule has 0 unspecified atom stereocenters. The maximum atomic E-state index is 5.88. The molecule has 0 bridgehead atoms. The summed E-state index contributed by atoms with van der Waals surface area (Å²) in [6, 6.07) is 10.2. The fourth-order valence-electron chi connectivity index (χ4n) is 1.82. The van der Waals surface area contributed by atoms with Crippen LogP contribution < -0.4 is 5.32 Å². The molecule has 0 aliphatic rings. The average molecular weight is 386 g/mol. The van der Waals surface area contributed by atoms with Crippen molar-refractivity contribution in [2.24, 2.45) is 5.92 Å². The van der Waals surface area contributed by atoms with Crippen LogP contribution in [-0.2, 0) is 6.54 Å². The van der Waals surface area contributed by atoms with E-state index in [1.807, 2.05) is 12.1 Å². The van der Waals surface area contributed by atoms with Gasteiger partial charge in [-0.3, -0.25) is 0 Å². The van der Waals surface area contributed by atoms with E-state index in [-0.39, 0.29) is 0 Å². The first-order valence-corrected chi connectivity index (χ1v) is 8.82. The van der Waals surface area contributed by atoms with Crippen molar-refractivity contribution < 1.29 is 0 Å². The number of nitrogens with one attached hydrogen (secondary N) is 1. The highest BCUT2D eigenvalue weighted by Gasteiger charge is 2.07. The summed E-state index contributed by atoms with van der Waals surface area (Å²) >= 11 is 11.1. The number of rotatable bonds is 6. The topological polar surface area (TPSA) is 24.9 Å². The summed E-state index contributed by atoms with van der Waals surface area (Å²) in [4.78, 5) is 5.56. The van der Waals surface area contributed by atoms with Crippen molar-refractivity contribution in [2.75, 3.05) is 6.54 Å². The molecule has 0 spiro atoms. The van der Waals surface area contributed by atoms with Gasteiger partial charge in [0.1, 0.15) is 5.03 Å². The zero-order valence-electron chi connectivity index (χ0n) is 12.1. The molecule has 0 amide bonds. The Morgan fingerprint density at radius 1 is 1.29 bits per heavy atom. The van der Waals surface area contributed by atoms with Gasteiger partial charge in [-0.25, -0.2) is 4.98 Å². The van der Waals surface area contributed by atoms with Gasteiger partial charge in [-0.1, -0.05) is 53.1 Å². The van der Waals surface area contributed by atoms with Gasteiger partial charge in [0.2, 0.25) is 0 Å². The Balaban J connectivity index is 2.12. The van der Waals surface area contributed by atoms with Gasteiger partial charge < -0.3 is 5.32 Å². The number of benzene rings is 1. The molecule has 21 heavy (non-hydrogen) atoms. The van der Waals surface area contributed by atoms with Crippen molar-refractivity contribution in [1.82, 2.24) is 10.3 Å². The molecule has 2 nitrogen and oxygen atoms in total. The van der Waals surface area contributed by atoms with Crippen LogP contribution in [0.3, 0.4) is 0 Å². The normalized spacial score (nSPS) is 11.1. The molecule has 0 saturated heterocycles. The van der Waals surface area contributed by atoms with Gasteiger partial charge in [-0.05, 0) is 48.4 Å². The summed E-state index contributed by atoms with van der Waals surface area (Å²) in [5, 5.41) is 5.10. The molecular weight excluding hydrogens is 368 g/mol. The SMILES string of the molecule is CC(C)CNCc1cc(Br)ccc1Sc1ccc(Cl)cn1. The largest absolute Gasteiger partial charge is 0.312 e. The number of hydrogen-bond donors (Lipinski definition) is 1. The highest BCUT2D eigenvalue weighted by atomic mass is 79.9. The van der Waals surface area contributed by atoms with Crippen molar-refractivity contribution in [2.45, 2.75) is 30.3 Å². The Kier molecular flexibility index (Phi) is 6.55. The molecule has 1 aromatic heterocycles. The van der Waals surface area contributed by atoms with E-state index in [4.69, 9.17) is 11.6 Å². The van der Waals surface area contributed by atoms with Gasteiger partial charge in [0.25, 0.3) is 0 Å². The van der Waals surface area contributed by atoms with Crippen LogP contribution in [0.15, 0.2) is 50.9 Å². The molecule has 1 aromatic carbocycles. The molecule has 112 valence electrons. The molecule has 0 aliphatic heterocycles. The molecule has 0 saturated carbocycles. The minimum absolute atomic E-state index is 0.645. The fourth-order valence-corrected chi connectivity index (χ4v) is 3.20. The lowest BCUT2D eigenvalue weighted by atomic mass is 10.2. The first kappa shape index (κ1) is 16.8. The van der Waals surface area contributed by atoms with E-state index in [9.17, 15) is 0 Å². The first-order valence-electron chi connectivity index (χ1n) is 6.83. The maximum Gasteiger partial charge on any atom is 0.101 e. The number of pyridine rings is 1. The first-order chi connectivity index (χ1) is 10.0. The predicted molar refractivity (Wildman–Crippen MR) is 94.1 cm³/mol. The zero-order chi connectivity index (χ0) is 15.2. The lowest BCUT2D eigenvalue weighted by molar-refractivity contribution is 0.550. The number of nitrogens with zero attached hydrogens (tertiary/aromatic N) is 1. The molecule has 5 heteroatoms. The third-order valence-corrected chi connectivity index (χ3v) is 4.59. The minimum atomic E-state index is 0.645. The van der Waals surface area contributed by atoms with Crippen molar-refractivity contribution in [3.8, 4) is 0 Å². The molecule has 0 fully saturated rings. The maximum absolute atomic E-state index is 5.88. The summed E-state index contributed by atoms with van der Waals surface area (Å²) in [5.74, 6) is 0.645. The number of halogens is 2. The van der Waals surface area contributed by atoms with Crippen LogP contribution in [0.25, 0.3) is 0 Å². The Morgan fingerprint density at radius 3 is 2.76 bits per heavy atom. The molecule has 1 heterocycles. The van der Waals surface area contributed by atoms with Gasteiger partial charge in [0.15, 0.2) is 0 Å². The second kappa shape index (κ2) is 8.18. The van der Waals surface area contributed by atoms with Gasteiger partial charge in [-0.2, -0.15) is 0 Å². The molecule has 2 rings (SSSR count). The Morgan fingerprint density at radius 2 is 2.10 bits per heavy atom.